The van der Waals surface area contributed by atoms with E-state index in [2.05, 4.69) is 9.97 Å². The number of hydrogen-bond acceptors (Lipinski definition) is 4. The number of rotatable bonds is 4. The Morgan fingerprint density at radius 1 is 1.15 bits per heavy atom. The van der Waals surface area contributed by atoms with Gasteiger partial charge in [-0.3, -0.25) is 0 Å². The second-order valence-corrected chi connectivity index (χ2v) is 7.15. The Balaban J connectivity index is 1.55. The van der Waals surface area contributed by atoms with E-state index in [1.807, 2.05) is 24.3 Å². The monoisotopic (exact) mass is 365 g/mol. The number of aromatic amines is 1. The first-order valence-corrected chi connectivity index (χ1v) is 9.35. The fourth-order valence-electron chi connectivity index (χ4n) is 3.86. The van der Waals surface area contributed by atoms with Gasteiger partial charge in [0.15, 0.2) is 0 Å². The molecule has 4 rings (SSSR count). The van der Waals surface area contributed by atoms with Crippen molar-refractivity contribution in [2.24, 2.45) is 11.7 Å². The van der Waals surface area contributed by atoms with Crippen LogP contribution in [0.3, 0.4) is 0 Å². The SMILES string of the molecule is NC(=O)Oc1ccc2[nH]c(-c3ccc(C(O)C4CCCCC4)cc3)nc2c1. The molecule has 4 N–H and O–H groups in total. The average Bonchev–Trinajstić information content (AvgIpc) is 3.11. The van der Waals surface area contributed by atoms with Crippen molar-refractivity contribution in [1.29, 1.82) is 0 Å². The molecule has 1 amide bonds. The molecular weight excluding hydrogens is 342 g/mol. The molecule has 2 aromatic carbocycles. The molecule has 1 aliphatic carbocycles. The van der Waals surface area contributed by atoms with E-state index in [1.165, 1.54) is 19.3 Å². The first-order valence-electron chi connectivity index (χ1n) is 9.35. The summed E-state index contributed by atoms with van der Waals surface area (Å²) in [5.74, 6) is 1.44. The van der Waals surface area contributed by atoms with Gasteiger partial charge in [0.1, 0.15) is 11.6 Å². The number of aliphatic hydroxyl groups is 1. The van der Waals surface area contributed by atoms with Crippen molar-refractivity contribution in [2.45, 2.75) is 38.2 Å². The topological polar surface area (TPSA) is 101 Å². The number of primary amides is 1. The van der Waals surface area contributed by atoms with Gasteiger partial charge >= 0.3 is 6.09 Å². The number of carbonyl (C=O) groups is 1. The fraction of sp³-hybridized carbons (Fsp3) is 0.333. The molecule has 1 aromatic heterocycles. The molecule has 0 spiro atoms. The Morgan fingerprint density at radius 2 is 1.89 bits per heavy atom. The number of H-pyrrole nitrogens is 1. The molecule has 0 radical (unpaired) electrons. The van der Waals surface area contributed by atoms with Crippen LogP contribution in [0, 0.1) is 5.92 Å². The number of hydrogen-bond donors (Lipinski definition) is 3. The van der Waals surface area contributed by atoms with Gasteiger partial charge in [0, 0.05) is 11.6 Å². The van der Waals surface area contributed by atoms with Crippen molar-refractivity contribution < 1.29 is 14.6 Å². The van der Waals surface area contributed by atoms with Gasteiger partial charge in [-0.1, -0.05) is 43.5 Å². The molecule has 0 bridgehead atoms. The molecule has 140 valence electrons. The molecule has 1 aliphatic rings. The number of aromatic nitrogens is 2. The zero-order valence-electron chi connectivity index (χ0n) is 15.0. The lowest BCUT2D eigenvalue weighted by molar-refractivity contribution is 0.0848. The van der Waals surface area contributed by atoms with E-state index in [-0.39, 0.29) is 0 Å². The Kier molecular flexibility index (Phi) is 4.81. The van der Waals surface area contributed by atoms with Gasteiger partial charge in [0.25, 0.3) is 0 Å². The molecular formula is C21H23N3O3. The molecule has 1 saturated carbocycles. The number of nitrogens with one attached hydrogen (secondary N) is 1. The van der Waals surface area contributed by atoms with Gasteiger partial charge in [0.05, 0.1) is 17.1 Å². The van der Waals surface area contributed by atoms with Crippen LogP contribution in [0.4, 0.5) is 4.79 Å². The predicted octanol–water partition coefficient (Wildman–Crippen LogP) is 4.30. The maximum absolute atomic E-state index is 10.9. The molecule has 1 atom stereocenters. The lowest BCUT2D eigenvalue weighted by atomic mass is 9.82. The van der Waals surface area contributed by atoms with Gasteiger partial charge in [-0.25, -0.2) is 9.78 Å². The third-order valence-electron chi connectivity index (χ3n) is 5.29. The highest BCUT2D eigenvalue weighted by molar-refractivity contribution is 5.81. The van der Waals surface area contributed by atoms with E-state index in [4.69, 9.17) is 10.5 Å². The summed E-state index contributed by atoms with van der Waals surface area (Å²) in [7, 11) is 0. The average molecular weight is 365 g/mol. The van der Waals surface area contributed by atoms with Crippen LogP contribution in [0.25, 0.3) is 22.4 Å². The standard InChI is InChI=1S/C21H23N3O3/c22-21(26)27-16-10-11-17-18(12-16)24-20(23-17)15-8-6-14(7-9-15)19(25)13-4-2-1-3-5-13/h6-13,19,25H,1-5H2,(H2,22,26)(H,23,24). The number of nitrogens with zero attached hydrogens (tertiary/aromatic N) is 1. The van der Waals surface area contributed by atoms with Crippen molar-refractivity contribution in [3.8, 4) is 17.1 Å². The van der Waals surface area contributed by atoms with Crippen LogP contribution < -0.4 is 10.5 Å². The van der Waals surface area contributed by atoms with Crippen molar-refractivity contribution >= 4 is 17.1 Å². The summed E-state index contributed by atoms with van der Waals surface area (Å²) in [4.78, 5) is 18.7. The molecule has 0 saturated heterocycles. The Bertz CT molecular complexity index is 943. The van der Waals surface area contributed by atoms with Crippen LogP contribution in [-0.4, -0.2) is 21.2 Å². The number of amides is 1. The van der Waals surface area contributed by atoms with Crippen LogP contribution in [0.2, 0.25) is 0 Å². The zero-order chi connectivity index (χ0) is 18.8. The largest absolute Gasteiger partial charge is 0.410 e. The van der Waals surface area contributed by atoms with Crippen LogP contribution in [-0.2, 0) is 0 Å². The highest BCUT2D eigenvalue weighted by Gasteiger charge is 2.23. The second-order valence-electron chi connectivity index (χ2n) is 7.15. The van der Waals surface area contributed by atoms with Gasteiger partial charge in [0.2, 0.25) is 0 Å². The van der Waals surface area contributed by atoms with E-state index in [0.29, 0.717) is 17.2 Å². The maximum atomic E-state index is 10.9. The number of benzene rings is 2. The Labute approximate surface area is 157 Å². The summed E-state index contributed by atoms with van der Waals surface area (Å²) in [6, 6.07) is 13.0. The summed E-state index contributed by atoms with van der Waals surface area (Å²) in [5.41, 5.74) is 8.47. The highest BCUT2D eigenvalue weighted by atomic mass is 16.5. The Morgan fingerprint density at radius 3 is 2.59 bits per heavy atom. The van der Waals surface area contributed by atoms with Crippen molar-refractivity contribution in [3.63, 3.8) is 0 Å². The van der Waals surface area contributed by atoms with Gasteiger partial charge < -0.3 is 20.6 Å². The lowest BCUT2D eigenvalue weighted by Gasteiger charge is -2.26. The first kappa shape index (κ1) is 17.5. The molecule has 1 fully saturated rings. The summed E-state index contributed by atoms with van der Waals surface area (Å²) < 4.78 is 4.89. The van der Waals surface area contributed by atoms with E-state index in [9.17, 15) is 9.90 Å². The minimum Gasteiger partial charge on any atom is -0.410 e. The second kappa shape index (κ2) is 7.40. The lowest BCUT2D eigenvalue weighted by Crippen LogP contribution is -2.16. The van der Waals surface area contributed by atoms with E-state index < -0.39 is 12.2 Å². The predicted molar refractivity (Wildman–Crippen MR) is 103 cm³/mol. The molecule has 6 nitrogen and oxygen atoms in total. The normalized spacial score (nSPS) is 16.3. The summed E-state index contributed by atoms with van der Waals surface area (Å²) in [5, 5.41) is 10.6. The van der Waals surface area contributed by atoms with Gasteiger partial charge in [-0.05, 0) is 36.5 Å². The first-order chi connectivity index (χ1) is 13.1. The van der Waals surface area contributed by atoms with Crippen LogP contribution in [0.15, 0.2) is 42.5 Å². The minimum atomic E-state index is -0.850. The van der Waals surface area contributed by atoms with Crippen molar-refractivity contribution in [3.05, 3.63) is 48.0 Å². The minimum absolute atomic E-state index is 0.360. The summed E-state index contributed by atoms with van der Waals surface area (Å²) >= 11 is 0. The third kappa shape index (κ3) is 3.80. The number of nitrogens with two attached hydrogens (primary N) is 1. The highest BCUT2D eigenvalue weighted by Crippen LogP contribution is 2.35. The quantitative estimate of drug-likeness (QED) is 0.641. The summed E-state index contributed by atoms with van der Waals surface area (Å²) in [6.07, 6.45) is 4.64. The summed E-state index contributed by atoms with van der Waals surface area (Å²) in [6.45, 7) is 0. The number of fused-ring (bicyclic) bond motifs is 1. The zero-order valence-corrected chi connectivity index (χ0v) is 15.0. The smallest absolute Gasteiger partial charge is 0.409 e. The molecule has 6 heteroatoms. The van der Waals surface area contributed by atoms with Gasteiger partial charge in [-0.15, -0.1) is 0 Å². The van der Waals surface area contributed by atoms with E-state index in [1.54, 1.807) is 18.2 Å². The molecule has 1 heterocycles. The van der Waals surface area contributed by atoms with E-state index in [0.717, 1.165) is 35.3 Å². The molecule has 3 aromatic rings. The van der Waals surface area contributed by atoms with Crippen LogP contribution in [0.1, 0.15) is 43.8 Å². The Hall–Kier alpha value is -2.86. The van der Waals surface area contributed by atoms with Crippen LogP contribution in [0.5, 0.6) is 5.75 Å². The maximum Gasteiger partial charge on any atom is 0.409 e. The van der Waals surface area contributed by atoms with Crippen molar-refractivity contribution in [1.82, 2.24) is 9.97 Å². The van der Waals surface area contributed by atoms with Crippen molar-refractivity contribution in [2.75, 3.05) is 0 Å². The number of ether oxygens (including phenoxy) is 1. The number of imidazole rings is 1. The van der Waals surface area contributed by atoms with Crippen LogP contribution >= 0.6 is 0 Å². The molecule has 1 unspecified atom stereocenters. The van der Waals surface area contributed by atoms with Gasteiger partial charge in [-0.2, -0.15) is 0 Å². The molecule has 27 heavy (non-hydrogen) atoms. The van der Waals surface area contributed by atoms with E-state index >= 15 is 0 Å². The fourth-order valence-corrected chi connectivity index (χ4v) is 3.86. The molecule has 0 aliphatic heterocycles. The number of carbonyl (C=O) groups excluding carboxylic acids is 1. The third-order valence-corrected chi connectivity index (χ3v) is 5.29. The number of aliphatic hydroxyl groups excluding tert-OH is 1.